The van der Waals surface area contributed by atoms with Crippen molar-refractivity contribution in [2.45, 2.75) is 26.7 Å². The zero-order chi connectivity index (χ0) is 14.8. The number of aromatic nitrogens is 1. The van der Waals surface area contributed by atoms with Crippen LogP contribution in [0.1, 0.15) is 24.1 Å². The van der Waals surface area contributed by atoms with Crippen molar-refractivity contribution in [2.24, 2.45) is 0 Å². The Morgan fingerprint density at radius 2 is 2.05 bits per heavy atom. The molecule has 0 radical (unpaired) electrons. The van der Waals surface area contributed by atoms with Crippen molar-refractivity contribution in [3.8, 4) is 11.5 Å². The molecule has 2 heterocycles. The monoisotopic (exact) mass is 285 g/mol. The molecule has 1 N–H and O–H groups in total. The number of nitrogens with one attached hydrogen (secondary N) is 1. The summed E-state index contributed by atoms with van der Waals surface area (Å²) >= 11 is 0. The number of rotatable bonds is 2. The second-order valence-electron chi connectivity index (χ2n) is 5.45. The molecule has 3 rings (SSSR count). The van der Waals surface area contributed by atoms with Crippen LogP contribution in [0.25, 0.3) is 11.5 Å². The number of hydrogen-bond donors (Lipinski definition) is 1. The van der Waals surface area contributed by atoms with E-state index in [1.54, 1.807) is 6.26 Å². The van der Waals surface area contributed by atoms with Crippen molar-refractivity contribution >= 4 is 11.7 Å². The van der Waals surface area contributed by atoms with Crippen molar-refractivity contribution in [1.29, 1.82) is 0 Å². The minimum Gasteiger partial charge on any atom is -0.444 e. The largest absolute Gasteiger partial charge is 0.444 e. The Kier molecular flexibility index (Phi) is 3.64. The van der Waals surface area contributed by atoms with Crippen LogP contribution in [0.2, 0.25) is 0 Å². The van der Waals surface area contributed by atoms with Gasteiger partial charge in [0.2, 0.25) is 5.89 Å². The second kappa shape index (κ2) is 5.60. The van der Waals surface area contributed by atoms with Crippen molar-refractivity contribution in [3.05, 3.63) is 35.7 Å². The predicted octanol–water partition coefficient (Wildman–Crippen LogP) is 3.59. The number of hydrogen-bond acceptors (Lipinski definition) is 3. The fraction of sp³-hybridized carbons (Fsp3) is 0.375. The summed E-state index contributed by atoms with van der Waals surface area (Å²) in [6.07, 6.45) is 3.80. The Morgan fingerprint density at radius 3 is 2.71 bits per heavy atom. The molecule has 1 aromatic heterocycles. The van der Waals surface area contributed by atoms with E-state index in [0.29, 0.717) is 5.89 Å². The molecule has 5 heteroatoms. The van der Waals surface area contributed by atoms with Gasteiger partial charge in [0, 0.05) is 24.3 Å². The van der Waals surface area contributed by atoms with Gasteiger partial charge in [-0.2, -0.15) is 0 Å². The number of nitrogens with zero attached hydrogens (tertiary/aromatic N) is 2. The molecule has 0 bridgehead atoms. The Morgan fingerprint density at radius 1 is 1.29 bits per heavy atom. The zero-order valence-corrected chi connectivity index (χ0v) is 12.3. The van der Waals surface area contributed by atoms with Crippen LogP contribution in [-0.2, 0) is 0 Å². The number of carbonyl (C=O) groups is 1. The highest BCUT2D eigenvalue weighted by atomic mass is 16.3. The number of urea groups is 1. The van der Waals surface area contributed by atoms with Gasteiger partial charge in [0.1, 0.15) is 6.26 Å². The third kappa shape index (κ3) is 2.91. The maximum absolute atomic E-state index is 12.1. The summed E-state index contributed by atoms with van der Waals surface area (Å²) in [6.45, 7) is 5.56. The number of benzene rings is 1. The topological polar surface area (TPSA) is 58.4 Å². The Balaban J connectivity index is 1.82. The summed E-state index contributed by atoms with van der Waals surface area (Å²) in [6, 6.07) is 5.75. The van der Waals surface area contributed by atoms with E-state index in [9.17, 15) is 4.79 Å². The SMILES string of the molecule is Cc1coc(-c2cc(NC(=O)N3CCCC3)ccc2C)n1. The highest BCUT2D eigenvalue weighted by molar-refractivity contribution is 5.90. The molecule has 0 saturated carbocycles. The maximum atomic E-state index is 12.1. The van der Waals surface area contributed by atoms with Gasteiger partial charge < -0.3 is 14.6 Å². The lowest BCUT2D eigenvalue weighted by atomic mass is 10.1. The third-order valence-corrected chi connectivity index (χ3v) is 3.73. The minimum absolute atomic E-state index is 0.0362. The predicted molar refractivity (Wildman–Crippen MR) is 81.2 cm³/mol. The van der Waals surface area contributed by atoms with Crippen LogP contribution in [0.15, 0.2) is 28.9 Å². The van der Waals surface area contributed by atoms with E-state index < -0.39 is 0 Å². The second-order valence-corrected chi connectivity index (χ2v) is 5.45. The summed E-state index contributed by atoms with van der Waals surface area (Å²) < 4.78 is 5.46. The molecule has 1 aliphatic heterocycles. The molecule has 21 heavy (non-hydrogen) atoms. The smallest absolute Gasteiger partial charge is 0.321 e. The lowest BCUT2D eigenvalue weighted by Crippen LogP contribution is -2.32. The van der Waals surface area contributed by atoms with E-state index in [1.807, 2.05) is 36.9 Å². The van der Waals surface area contributed by atoms with Crippen LogP contribution in [0.5, 0.6) is 0 Å². The molecule has 5 nitrogen and oxygen atoms in total. The summed E-state index contributed by atoms with van der Waals surface area (Å²) in [5, 5.41) is 2.95. The van der Waals surface area contributed by atoms with Crippen LogP contribution in [0, 0.1) is 13.8 Å². The standard InChI is InChI=1S/C16H19N3O2/c1-11-5-6-13(18-16(20)19-7-3-4-8-19)9-14(11)15-17-12(2)10-21-15/h5-6,9-10H,3-4,7-8H2,1-2H3,(H,18,20). The molecule has 0 unspecified atom stereocenters. The normalized spacial score (nSPS) is 14.5. The van der Waals surface area contributed by atoms with Crippen LogP contribution < -0.4 is 5.32 Å². The third-order valence-electron chi connectivity index (χ3n) is 3.73. The summed E-state index contributed by atoms with van der Waals surface area (Å²) in [7, 11) is 0. The van der Waals surface area contributed by atoms with Crippen LogP contribution in [0.4, 0.5) is 10.5 Å². The quantitative estimate of drug-likeness (QED) is 0.917. The fourth-order valence-corrected chi connectivity index (χ4v) is 2.53. The fourth-order valence-electron chi connectivity index (χ4n) is 2.53. The van der Waals surface area contributed by atoms with E-state index in [2.05, 4.69) is 10.3 Å². The number of anilines is 1. The first kappa shape index (κ1) is 13.7. The first-order valence-corrected chi connectivity index (χ1v) is 7.22. The van der Waals surface area contributed by atoms with Crippen molar-refractivity contribution in [3.63, 3.8) is 0 Å². The van der Waals surface area contributed by atoms with Gasteiger partial charge in [-0.3, -0.25) is 0 Å². The molecule has 110 valence electrons. The van der Waals surface area contributed by atoms with Gasteiger partial charge >= 0.3 is 6.03 Å². The average Bonchev–Trinajstić information content (AvgIpc) is 3.12. The molecule has 0 aliphatic carbocycles. The molecule has 2 aromatic rings. The number of carbonyl (C=O) groups excluding carboxylic acids is 1. The summed E-state index contributed by atoms with van der Waals surface area (Å²) in [5.41, 5.74) is 3.58. The van der Waals surface area contributed by atoms with E-state index in [1.165, 1.54) is 0 Å². The Bertz CT molecular complexity index is 657. The highest BCUT2D eigenvalue weighted by Crippen LogP contribution is 2.26. The zero-order valence-electron chi connectivity index (χ0n) is 12.3. The summed E-state index contributed by atoms with van der Waals surface area (Å²) in [4.78, 5) is 18.3. The van der Waals surface area contributed by atoms with Gasteiger partial charge in [-0.1, -0.05) is 6.07 Å². The first-order chi connectivity index (χ1) is 10.1. The Labute approximate surface area is 124 Å². The van der Waals surface area contributed by atoms with E-state index in [4.69, 9.17) is 4.42 Å². The molecular weight excluding hydrogens is 266 g/mol. The van der Waals surface area contributed by atoms with Crippen molar-refractivity contribution < 1.29 is 9.21 Å². The number of aryl methyl sites for hydroxylation is 2. The first-order valence-electron chi connectivity index (χ1n) is 7.22. The van der Waals surface area contributed by atoms with Gasteiger partial charge in [-0.25, -0.2) is 9.78 Å². The number of likely N-dealkylation sites (tertiary alicyclic amines) is 1. The van der Waals surface area contributed by atoms with Gasteiger partial charge in [0.15, 0.2) is 0 Å². The Hall–Kier alpha value is -2.30. The molecular formula is C16H19N3O2. The van der Waals surface area contributed by atoms with E-state index in [0.717, 1.165) is 48.4 Å². The van der Waals surface area contributed by atoms with Crippen LogP contribution in [-0.4, -0.2) is 29.0 Å². The van der Waals surface area contributed by atoms with Gasteiger partial charge in [-0.05, 0) is 44.4 Å². The number of oxazole rings is 1. The molecule has 1 fully saturated rings. The van der Waals surface area contributed by atoms with Gasteiger partial charge in [0.05, 0.1) is 5.69 Å². The molecule has 2 amide bonds. The van der Waals surface area contributed by atoms with Crippen LogP contribution in [0.3, 0.4) is 0 Å². The van der Waals surface area contributed by atoms with E-state index in [-0.39, 0.29) is 6.03 Å². The molecule has 0 spiro atoms. The lowest BCUT2D eigenvalue weighted by Gasteiger charge is -2.16. The van der Waals surface area contributed by atoms with Gasteiger partial charge in [-0.15, -0.1) is 0 Å². The number of amides is 2. The average molecular weight is 285 g/mol. The van der Waals surface area contributed by atoms with Gasteiger partial charge in [0.25, 0.3) is 0 Å². The highest BCUT2D eigenvalue weighted by Gasteiger charge is 2.18. The molecule has 0 atom stereocenters. The van der Waals surface area contributed by atoms with Crippen molar-refractivity contribution in [2.75, 3.05) is 18.4 Å². The summed E-state index contributed by atoms with van der Waals surface area (Å²) in [5.74, 6) is 0.585. The van der Waals surface area contributed by atoms with Crippen LogP contribution >= 0.6 is 0 Å². The molecule has 1 aromatic carbocycles. The van der Waals surface area contributed by atoms with E-state index >= 15 is 0 Å². The molecule has 1 aliphatic rings. The maximum Gasteiger partial charge on any atom is 0.321 e. The minimum atomic E-state index is -0.0362. The lowest BCUT2D eigenvalue weighted by molar-refractivity contribution is 0.222. The van der Waals surface area contributed by atoms with Crippen molar-refractivity contribution in [1.82, 2.24) is 9.88 Å². The molecule has 1 saturated heterocycles.